The lowest BCUT2D eigenvalue weighted by atomic mass is 10.1. The minimum Gasteiger partial charge on any atom is -0.394 e. The molecule has 1 unspecified atom stereocenters. The quantitative estimate of drug-likeness (QED) is 0.701. The zero-order chi connectivity index (χ0) is 16.4. The maximum atomic E-state index is 12.7. The molecule has 10 heteroatoms. The first-order chi connectivity index (χ1) is 9.46. The van der Waals surface area contributed by atoms with Gasteiger partial charge in [-0.25, -0.2) is 0 Å². The summed E-state index contributed by atoms with van der Waals surface area (Å²) < 4.78 is 75.9. The van der Waals surface area contributed by atoms with Gasteiger partial charge in [0, 0.05) is 16.7 Å². The number of benzene rings is 1. The van der Waals surface area contributed by atoms with Crippen LogP contribution in [0.2, 0.25) is 0 Å². The van der Waals surface area contributed by atoms with Crippen molar-refractivity contribution in [3.8, 4) is 0 Å². The van der Waals surface area contributed by atoms with E-state index < -0.39 is 36.2 Å². The molecule has 0 aliphatic carbocycles. The second-order valence-electron chi connectivity index (χ2n) is 4.09. The van der Waals surface area contributed by atoms with Crippen molar-refractivity contribution >= 4 is 21.6 Å². The van der Waals surface area contributed by atoms with E-state index >= 15 is 0 Å². The Bertz CT molecular complexity index is 503. The number of alkyl halides is 6. The second kappa shape index (κ2) is 6.41. The molecule has 0 aliphatic heterocycles. The molecule has 3 nitrogen and oxygen atoms in total. The molecule has 0 bridgehead atoms. The molecule has 1 rings (SSSR count). The fourth-order valence-corrected chi connectivity index (χ4v) is 1.95. The summed E-state index contributed by atoms with van der Waals surface area (Å²) in [5, 5.41) is 20.0. The van der Waals surface area contributed by atoms with Crippen LogP contribution >= 0.6 is 15.9 Å². The summed E-state index contributed by atoms with van der Waals surface area (Å²) in [6, 6.07) is 0.619. The number of halogens is 7. The van der Waals surface area contributed by atoms with Crippen LogP contribution in [0.4, 0.5) is 32.0 Å². The lowest BCUT2D eigenvalue weighted by molar-refractivity contribution is -0.162. The van der Waals surface area contributed by atoms with Crippen LogP contribution in [0.3, 0.4) is 0 Å². The van der Waals surface area contributed by atoms with Crippen LogP contribution in [0.15, 0.2) is 16.6 Å². The molecule has 0 radical (unpaired) electrons. The van der Waals surface area contributed by atoms with Crippen molar-refractivity contribution in [1.29, 1.82) is 0 Å². The molecule has 21 heavy (non-hydrogen) atoms. The summed E-state index contributed by atoms with van der Waals surface area (Å²) in [6.07, 6.45) is -11.6. The predicted octanol–water partition coefficient (Wildman–Crippen LogP) is 3.25. The predicted molar refractivity (Wildman–Crippen MR) is 65.7 cm³/mol. The van der Waals surface area contributed by atoms with Crippen molar-refractivity contribution in [3.63, 3.8) is 0 Å². The molecular weight excluding hydrogens is 372 g/mol. The molecule has 3 N–H and O–H groups in total. The molecular formula is C11H10BrF6NO2. The third kappa shape index (κ3) is 4.75. The molecule has 1 aromatic rings. The van der Waals surface area contributed by atoms with Gasteiger partial charge < -0.3 is 15.5 Å². The van der Waals surface area contributed by atoms with Gasteiger partial charge in [-0.15, -0.1) is 0 Å². The van der Waals surface area contributed by atoms with Crippen LogP contribution in [-0.4, -0.2) is 29.5 Å². The number of nitrogens with one attached hydrogen (secondary N) is 1. The Morgan fingerprint density at radius 2 is 1.52 bits per heavy atom. The van der Waals surface area contributed by atoms with Crippen LogP contribution < -0.4 is 5.32 Å². The van der Waals surface area contributed by atoms with Gasteiger partial charge in [0.2, 0.25) is 0 Å². The molecule has 0 fully saturated rings. The molecule has 0 heterocycles. The highest BCUT2D eigenvalue weighted by Gasteiger charge is 2.43. The number of aliphatic hydroxyl groups is 2. The highest BCUT2D eigenvalue weighted by atomic mass is 79.9. The summed E-state index contributed by atoms with van der Waals surface area (Å²) in [5.41, 5.74) is -3.92. The van der Waals surface area contributed by atoms with Gasteiger partial charge in [-0.05, 0) is 28.1 Å². The molecule has 0 spiro atoms. The van der Waals surface area contributed by atoms with Crippen LogP contribution in [0, 0.1) is 0 Å². The topological polar surface area (TPSA) is 52.5 Å². The van der Waals surface area contributed by atoms with Gasteiger partial charge in [0.25, 0.3) is 0 Å². The van der Waals surface area contributed by atoms with Crippen molar-refractivity contribution in [2.24, 2.45) is 0 Å². The van der Waals surface area contributed by atoms with Gasteiger partial charge >= 0.3 is 12.4 Å². The lowest BCUT2D eigenvalue weighted by Gasteiger charge is -2.19. The maximum absolute atomic E-state index is 12.7. The largest absolute Gasteiger partial charge is 0.417 e. The van der Waals surface area contributed by atoms with E-state index in [1.165, 1.54) is 0 Å². The molecule has 1 atom stereocenters. The van der Waals surface area contributed by atoms with Gasteiger partial charge in [0.05, 0.1) is 23.8 Å². The molecule has 0 aromatic heterocycles. The number of hydrogen-bond donors (Lipinski definition) is 3. The smallest absolute Gasteiger partial charge is 0.394 e. The standard InChI is InChI=1S/C11H10BrF6NO2/c12-8-1-6(10(13,14)15)7(11(16,17)18)2-9(8)19-3-5(21)4-20/h1-2,5,19-21H,3-4H2. The fraction of sp³-hybridized carbons (Fsp3) is 0.455. The summed E-state index contributed by atoms with van der Waals surface area (Å²) in [4.78, 5) is 0. The molecule has 120 valence electrons. The zero-order valence-corrected chi connectivity index (χ0v) is 11.8. The second-order valence-corrected chi connectivity index (χ2v) is 4.94. The van der Waals surface area contributed by atoms with E-state index in [1.54, 1.807) is 0 Å². The van der Waals surface area contributed by atoms with Crippen LogP contribution in [0.1, 0.15) is 11.1 Å². The first kappa shape index (κ1) is 18.1. The minimum absolute atomic E-state index is 0.243. The van der Waals surface area contributed by atoms with E-state index in [2.05, 4.69) is 21.2 Å². The Labute approximate surface area is 123 Å². The Morgan fingerprint density at radius 1 is 1.05 bits per heavy atom. The SMILES string of the molecule is OCC(O)CNc1cc(C(F)(F)F)c(C(F)(F)F)cc1Br. The monoisotopic (exact) mass is 381 g/mol. The summed E-state index contributed by atoms with van der Waals surface area (Å²) in [5.74, 6) is 0. The van der Waals surface area contributed by atoms with Crippen molar-refractivity contribution in [3.05, 3.63) is 27.7 Å². The summed E-state index contributed by atoms with van der Waals surface area (Å²) >= 11 is 2.74. The van der Waals surface area contributed by atoms with Gasteiger partial charge in [-0.3, -0.25) is 0 Å². The van der Waals surface area contributed by atoms with Crippen LogP contribution in [-0.2, 0) is 12.4 Å². The van der Waals surface area contributed by atoms with Crippen molar-refractivity contribution < 1.29 is 36.6 Å². The highest BCUT2D eigenvalue weighted by Crippen LogP contribution is 2.43. The molecule has 0 aliphatic rings. The number of anilines is 1. The minimum atomic E-state index is -5.18. The van der Waals surface area contributed by atoms with E-state index in [9.17, 15) is 26.3 Å². The summed E-state index contributed by atoms with van der Waals surface area (Å²) in [7, 11) is 0. The van der Waals surface area contributed by atoms with Crippen molar-refractivity contribution in [2.45, 2.75) is 18.5 Å². The van der Waals surface area contributed by atoms with Gasteiger partial charge in [-0.1, -0.05) is 0 Å². The Hall–Kier alpha value is -1.00. The van der Waals surface area contributed by atoms with Crippen molar-refractivity contribution in [1.82, 2.24) is 0 Å². The first-order valence-corrected chi connectivity index (χ1v) is 6.27. The Morgan fingerprint density at radius 3 is 1.95 bits per heavy atom. The van der Waals surface area contributed by atoms with Crippen molar-refractivity contribution in [2.75, 3.05) is 18.5 Å². The van der Waals surface area contributed by atoms with E-state index in [-0.39, 0.29) is 16.7 Å². The fourth-order valence-electron chi connectivity index (χ4n) is 1.47. The average Bonchev–Trinajstić information content (AvgIpc) is 2.33. The third-order valence-corrected chi connectivity index (χ3v) is 3.11. The maximum Gasteiger partial charge on any atom is 0.417 e. The van der Waals surface area contributed by atoms with E-state index in [4.69, 9.17) is 10.2 Å². The normalized spacial score (nSPS) is 14.1. The van der Waals surface area contributed by atoms with E-state index in [1.807, 2.05) is 0 Å². The van der Waals surface area contributed by atoms with Crippen LogP contribution in [0.5, 0.6) is 0 Å². The lowest BCUT2D eigenvalue weighted by Crippen LogP contribution is -2.24. The number of hydrogen-bond acceptors (Lipinski definition) is 3. The van der Waals surface area contributed by atoms with E-state index in [0.717, 1.165) is 0 Å². The Balaban J connectivity index is 3.26. The number of aliphatic hydroxyl groups excluding tert-OH is 2. The molecule has 0 saturated heterocycles. The van der Waals surface area contributed by atoms with Gasteiger partial charge in [0.1, 0.15) is 0 Å². The van der Waals surface area contributed by atoms with E-state index in [0.29, 0.717) is 12.1 Å². The number of rotatable bonds is 4. The third-order valence-electron chi connectivity index (χ3n) is 2.46. The van der Waals surface area contributed by atoms with Gasteiger partial charge in [-0.2, -0.15) is 26.3 Å². The zero-order valence-electron chi connectivity index (χ0n) is 10.2. The average molecular weight is 382 g/mol. The summed E-state index contributed by atoms with van der Waals surface area (Å²) in [6.45, 7) is -0.963. The van der Waals surface area contributed by atoms with Gasteiger partial charge in [0.15, 0.2) is 0 Å². The molecule has 0 saturated carbocycles. The molecule has 0 amide bonds. The van der Waals surface area contributed by atoms with Crippen LogP contribution in [0.25, 0.3) is 0 Å². The Kier molecular flexibility index (Phi) is 5.51. The first-order valence-electron chi connectivity index (χ1n) is 5.47. The highest BCUT2D eigenvalue weighted by molar-refractivity contribution is 9.10. The molecule has 1 aromatic carbocycles.